The van der Waals surface area contributed by atoms with Gasteiger partial charge in [0.2, 0.25) is 27.7 Å². The van der Waals surface area contributed by atoms with E-state index in [4.69, 9.17) is 9.47 Å². The number of cyclic esters (lactones) is 1. The molecule has 5 atom stereocenters. The van der Waals surface area contributed by atoms with Crippen LogP contribution in [0.15, 0.2) is 49.2 Å². The summed E-state index contributed by atoms with van der Waals surface area (Å²) in [6.07, 6.45) is 8.40. The van der Waals surface area contributed by atoms with Crippen molar-refractivity contribution in [1.82, 2.24) is 25.2 Å². The number of nitrogens with zero attached hydrogens (tertiary/aromatic N) is 2. The predicted molar refractivity (Wildman–Crippen MR) is 182 cm³/mol. The first-order chi connectivity index (χ1) is 23.4. The molecule has 49 heavy (non-hydrogen) atoms. The number of carbonyl (C=O) groups is 4. The molecule has 1 unspecified atom stereocenters. The highest BCUT2D eigenvalue weighted by molar-refractivity contribution is 7.91. The second kappa shape index (κ2) is 13.8. The van der Waals surface area contributed by atoms with Crippen LogP contribution in [0.1, 0.15) is 64.4 Å². The van der Waals surface area contributed by atoms with Crippen molar-refractivity contribution in [2.75, 3.05) is 13.2 Å². The van der Waals surface area contributed by atoms with Crippen molar-refractivity contribution in [3.63, 3.8) is 0 Å². The van der Waals surface area contributed by atoms with E-state index in [1.54, 1.807) is 6.20 Å². The fourth-order valence-electron chi connectivity index (χ4n) is 6.57. The van der Waals surface area contributed by atoms with E-state index in [1.165, 1.54) is 11.0 Å². The van der Waals surface area contributed by atoms with Gasteiger partial charge in [-0.25, -0.2) is 18.2 Å². The predicted octanol–water partition coefficient (Wildman–Crippen LogP) is 3.20. The van der Waals surface area contributed by atoms with Crippen molar-refractivity contribution in [2.24, 2.45) is 11.8 Å². The zero-order valence-electron chi connectivity index (χ0n) is 27.7. The minimum atomic E-state index is -3.88. The largest absolute Gasteiger partial charge is 0.472 e. The number of carbonyl (C=O) groups excluding carboxylic acids is 4. The number of hydrogen-bond donors (Lipinski definition) is 3. The Morgan fingerprint density at radius 3 is 2.73 bits per heavy atom. The zero-order valence-corrected chi connectivity index (χ0v) is 28.5. The highest BCUT2D eigenvalue weighted by atomic mass is 32.2. The molecule has 4 amide bonds. The van der Waals surface area contributed by atoms with Gasteiger partial charge in [0.1, 0.15) is 23.7 Å². The second-order valence-corrected chi connectivity index (χ2v) is 15.7. The maximum Gasteiger partial charge on any atom is 0.407 e. The molecule has 3 N–H and O–H groups in total. The van der Waals surface area contributed by atoms with Crippen molar-refractivity contribution >= 4 is 50.7 Å². The molecule has 2 saturated carbocycles. The topological polar surface area (TPSA) is 173 Å². The Labute approximate surface area is 285 Å². The van der Waals surface area contributed by atoms with Crippen LogP contribution in [0, 0.1) is 11.8 Å². The van der Waals surface area contributed by atoms with E-state index in [-0.39, 0.29) is 38.3 Å². The molecule has 14 heteroatoms. The summed E-state index contributed by atoms with van der Waals surface area (Å²) in [4.78, 5) is 60.5. The molecular weight excluding hydrogens is 650 g/mol. The second-order valence-electron chi connectivity index (χ2n) is 13.8. The van der Waals surface area contributed by atoms with Crippen molar-refractivity contribution in [1.29, 1.82) is 0 Å². The van der Waals surface area contributed by atoms with Gasteiger partial charge in [0.05, 0.1) is 18.4 Å². The third-order valence-corrected chi connectivity index (χ3v) is 11.3. The van der Waals surface area contributed by atoms with E-state index in [0.717, 1.165) is 16.3 Å². The number of ether oxygens (including phenoxy) is 2. The smallest absolute Gasteiger partial charge is 0.407 e. The van der Waals surface area contributed by atoms with Crippen LogP contribution in [-0.4, -0.2) is 84.2 Å². The number of benzene rings is 1. The van der Waals surface area contributed by atoms with Gasteiger partial charge >= 0.3 is 6.09 Å². The number of rotatable bonds is 8. The SMILES string of the molecule is C=C[C@@H]1C[C@]1(NC(=O)C1C[C@@H]2CN1C(=O)[C@H](CC(C)C)NC(=O)OCCC/C=C/c1ccc3ccnc(c3c1)O2)C(=O)NS(=O)(=O)C1CC1. The number of nitrogens with one attached hydrogen (secondary N) is 3. The van der Waals surface area contributed by atoms with E-state index in [9.17, 15) is 27.6 Å². The quantitative estimate of drug-likeness (QED) is 0.351. The third-order valence-electron chi connectivity index (χ3n) is 9.49. The van der Waals surface area contributed by atoms with Gasteiger partial charge < -0.3 is 25.0 Å². The number of allylic oxidation sites excluding steroid dienone is 1. The normalized spacial score (nSPS) is 28.1. The lowest BCUT2D eigenvalue weighted by Gasteiger charge is -2.30. The Balaban J connectivity index is 1.32. The van der Waals surface area contributed by atoms with Crippen LogP contribution in [0.25, 0.3) is 16.8 Å². The first-order valence-corrected chi connectivity index (χ1v) is 18.4. The monoisotopic (exact) mass is 693 g/mol. The summed E-state index contributed by atoms with van der Waals surface area (Å²) in [5.41, 5.74) is -0.600. The standard InChI is InChI=1S/C35H43N5O8S/c1-4-24-19-35(24,33(43)39-49(45,46)26-11-12-26)38-30(41)29-18-25-20-40(29)32(42)28(16-21(2)3)37-34(44)47-15-7-5-6-8-22-9-10-23-13-14-36-31(48-25)27(23)17-22/h4,6,8-10,13-14,17,21,24-26,28-29H,1,5,7,11-12,15-16,18-20H2,2-3H3,(H,37,44)(H,38,41)(H,39,43)/b8-6+/t24-,25-,28+,29?,35-/m1/s1. The van der Waals surface area contributed by atoms with Gasteiger partial charge in [0.15, 0.2) is 0 Å². The average molecular weight is 694 g/mol. The van der Waals surface area contributed by atoms with E-state index in [2.05, 4.69) is 26.9 Å². The molecule has 262 valence electrons. The Morgan fingerprint density at radius 1 is 1.22 bits per heavy atom. The number of aromatic nitrogens is 1. The Hall–Kier alpha value is -4.46. The number of sulfonamides is 1. The van der Waals surface area contributed by atoms with Gasteiger partial charge in [0.25, 0.3) is 5.91 Å². The molecule has 3 heterocycles. The maximum atomic E-state index is 14.3. The van der Waals surface area contributed by atoms with Crippen LogP contribution in [0.2, 0.25) is 0 Å². The number of alkyl carbamates (subject to hydrolysis) is 1. The molecule has 13 nitrogen and oxygen atoms in total. The summed E-state index contributed by atoms with van der Waals surface area (Å²) in [7, 11) is -3.88. The van der Waals surface area contributed by atoms with Crippen LogP contribution in [0.3, 0.4) is 0 Å². The minimum absolute atomic E-state index is 0.0000462. The molecule has 0 radical (unpaired) electrons. The fourth-order valence-corrected chi connectivity index (χ4v) is 7.94. The van der Waals surface area contributed by atoms with Gasteiger partial charge in [-0.2, -0.15) is 0 Å². The molecule has 2 aliphatic carbocycles. The van der Waals surface area contributed by atoms with Gasteiger partial charge in [-0.3, -0.25) is 19.1 Å². The van der Waals surface area contributed by atoms with Crippen molar-refractivity contribution in [3.8, 4) is 5.88 Å². The number of fused-ring (bicyclic) bond motifs is 3. The summed E-state index contributed by atoms with van der Waals surface area (Å²) in [5.74, 6) is -2.11. The van der Waals surface area contributed by atoms with Crippen LogP contribution in [-0.2, 0) is 29.1 Å². The zero-order chi connectivity index (χ0) is 34.9. The molecule has 3 fully saturated rings. The fraction of sp³-hybridized carbons (Fsp3) is 0.514. The van der Waals surface area contributed by atoms with Gasteiger partial charge in [-0.15, -0.1) is 6.58 Å². The van der Waals surface area contributed by atoms with Crippen molar-refractivity contribution in [3.05, 3.63) is 54.8 Å². The first kappa shape index (κ1) is 34.4. The maximum absolute atomic E-state index is 14.3. The Bertz CT molecular complexity index is 1790. The van der Waals surface area contributed by atoms with E-state index >= 15 is 0 Å². The lowest BCUT2D eigenvalue weighted by Crippen LogP contribution is -2.58. The van der Waals surface area contributed by atoms with Crippen molar-refractivity contribution < 1.29 is 37.1 Å². The highest BCUT2D eigenvalue weighted by Gasteiger charge is 2.62. The Morgan fingerprint density at radius 2 is 2.02 bits per heavy atom. The molecule has 6 rings (SSSR count). The van der Waals surface area contributed by atoms with Crippen LogP contribution in [0.5, 0.6) is 5.88 Å². The summed E-state index contributed by atoms with van der Waals surface area (Å²) >= 11 is 0. The van der Waals surface area contributed by atoms with Crippen molar-refractivity contribution in [2.45, 2.75) is 87.8 Å². The van der Waals surface area contributed by atoms with Crippen LogP contribution >= 0.6 is 0 Å². The minimum Gasteiger partial charge on any atom is -0.472 e. The molecular formula is C35H43N5O8S. The lowest BCUT2D eigenvalue weighted by atomic mass is 10.0. The molecule has 1 aromatic carbocycles. The Kier molecular flexibility index (Phi) is 9.70. The number of pyridine rings is 1. The van der Waals surface area contributed by atoms with Gasteiger partial charge in [0, 0.05) is 23.9 Å². The van der Waals surface area contributed by atoms with Gasteiger partial charge in [-0.1, -0.05) is 44.2 Å². The molecule has 1 saturated heterocycles. The van der Waals surface area contributed by atoms with E-state index in [0.29, 0.717) is 31.6 Å². The first-order valence-electron chi connectivity index (χ1n) is 16.9. The number of hydrogen-bond acceptors (Lipinski definition) is 9. The molecule has 2 aliphatic heterocycles. The van der Waals surface area contributed by atoms with Gasteiger partial charge in [-0.05, 0) is 67.5 Å². The van der Waals surface area contributed by atoms with Crippen LogP contribution in [0.4, 0.5) is 4.79 Å². The van der Waals surface area contributed by atoms with E-state index in [1.807, 2.05) is 50.3 Å². The summed E-state index contributed by atoms with van der Waals surface area (Å²) in [6.45, 7) is 7.75. The molecule has 4 bridgehead atoms. The molecule has 1 aromatic heterocycles. The van der Waals surface area contributed by atoms with Crippen LogP contribution < -0.4 is 20.1 Å². The third kappa shape index (κ3) is 7.58. The van der Waals surface area contributed by atoms with E-state index < -0.39 is 68.7 Å². The average Bonchev–Trinajstić information content (AvgIpc) is 3.98. The molecule has 2 aromatic rings. The summed E-state index contributed by atoms with van der Waals surface area (Å²) < 4.78 is 39.2. The molecule has 0 spiro atoms. The summed E-state index contributed by atoms with van der Waals surface area (Å²) in [5, 5.41) is 6.54. The summed E-state index contributed by atoms with van der Waals surface area (Å²) in [6, 6.07) is 5.68. The molecule has 4 aliphatic rings. The highest BCUT2D eigenvalue weighted by Crippen LogP contribution is 2.45. The lowest BCUT2D eigenvalue weighted by molar-refractivity contribution is -0.141. The number of amides is 4.